The number of ketones is 1. The summed E-state index contributed by atoms with van der Waals surface area (Å²) in [5.74, 6) is -0.415. The van der Waals surface area contributed by atoms with Crippen LogP contribution >= 0.6 is 0 Å². The number of likely N-dealkylation sites (N-methyl/N-ethyl adjacent to an activating group) is 1. The summed E-state index contributed by atoms with van der Waals surface area (Å²) in [5, 5.41) is 7.60. The van der Waals surface area contributed by atoms with Gasteiger partial charge in [0, 0.05) is 62.8 Å². The quantitative estimate of drug-likeness (QED) is 0.224. The molecule has 1 aliphatic rings. The lowest BCUT2D eigenvalue weighted by atomic mass is 9.85. The van der Waals surface area contributed by atoms with Crippen molar-refractivity contribution in [3.8, 4) is 11.1 Å². The number of piperazine rings is 1. The first-order valence-corrected chi connectivity index (χ1v) is 14.2. The Labute approximate surface area is 242 Å². The molecule has 7 nitrogen and oxygen atoms in total. The van der Waals surface area contributed by atoms with Gasteiger partial charge in [-0.05, 0) is 70.3 Å². The zero-order valence-electron chi connectivity index (χ0n) is 24.6. The van der Waals surface area contributed by atoms with Gasteiger partial charge in [0.15, 0.2) is 0 Å². The van der Waals surface area contributed by atoms with Crippen molar-refractivity contribution in [1.82, 2.24) is 14.8 Å². The molecule has 0 saturated carbocycles. The van der Waals surface area contributed by atoms with Crippen LogP contribution in [0.4, 0.5) is 11.5 Å². The fourth-order valence-electron chi connectivity index (χ4n) is 5.31. The number of anilines is 2. The Balaban J connectivity index is 1.42. The molecule has 1 saturated heterocycles. The highest BCUT2D eigenvalue weighted by molar-refractivity contribution is 6.48. The number of hydrogen-bond donors (Lipinski definition) is 2. The van der Waals surface area contributed by atoms with E-state index >= 15 is 0 Å². The molecule has 2 heterocycles. The van der Waals surface area contributed by atoms with E-state index in [1.165, 1.54) is 0 Å². The summed E-state index contributed by atoms with van der Waals surface area (Å²) in [6, 6.07) is 21.5. The molecule has 7 heteroatoms. The molecular weight excluding hydrogens is 510 g/mol. The van der Waals surface area contributed by atoms with Crippen LogP contribution in [0.5, 0.6) is 0 Å². The molecule has 0 aliphatic carbocycles. The number of amides is 1. The third kappa shape index (κ3) is 6.47. The number of rotatable bonds is 7. The summed E-state index contributed by atoms with van der Waals surface area (Å²) < 4.78 is 0. The molecule has 5 rings (SSSR count). The van der Waals surface area contributed by atoms with Crippen molar-refractivity contribution >= 4 is 34.0 Å². The maximum atomic E-state index is 13.6. The third-order valence-corrected chi connectivity index (χ3v) is 7.82. The second kappa shape index (κ2) is 11.8. The van der Waals surface area contributed by atoms with E-state index in [1.807, 2.05) is 67.8 Å². The minimum absolute atomic E-state index is 0.103. The molecule has 1 aromatic heterocycles. The van der Waals surface area contributed by atoms with E-state index in [0.717, 1.165) is 71.6 Å². The molecule has 3 aromatic carbocycles. The van der Waals surface area contributed by atoms with Crippen molar-refractivity contribution in [2.45, 2.75) is 32.7 Å². The van der Waals surface area contributed by atoms with Gasteiger partial charge in [-0.15, -0.1) is 0 Å². The lowest BCUT2D eigenvalue weighted by molar-refractivity contribution is -0.112. The average molecular weight is 550 g/mol. The molecular formula is C34H39N5O2. The van der Waals surface area contributed by atoms with E-state index in [1.54, 1.807) is 6.07 Å². The Morgan fingerprint density at radius 1 is 0.902 bits per heavy atom. The minimum atomic E-state index is -0.639. The van der Waals surface area contributed by atoms with E-state index in [0.29, 0.717) is 11.3 Å². The molecule has 4 aromatic rings. The van der Waals surface area contributed by atoms with Gasteiger partial charge >= 0.3 is 0 Å². The maximum absolute atomic E-state index is 13.6. The molecule has 0 radical (unpaired) electrons. The minimum Gasteiger partial charge on any atom is -0.373 e. The van der Waals surface area contributed by atoms with Gasteiger partial charge in [-0.25, -0.2) is 4.98 Å². The molecule has 1 aliphatic heterocycles. The van der Waals surface area contributed by atoms with Crippen molar-refractivity contribution in [2.24, 2.45) is 0 Å². The predicted octanol–water partition coefficient (Wildman–Crippen LogP) is 5.81. The number of nitrogens with one attached hydrogen (secondary N) is 2. The van der Waals surface area contributed by atoms with Crippen LogP contribution in [-0.4, -0.2) is 66.7 Å². The van der Waals surface area contributed by atoms with E-state index in [9.17, 15) is 9.59 Å². The standard InChI is InChI=1S/C34H39N5O2/c1-34(2,3)25-18-23(22-39-16-14-38(5)15-17-39)19-26(20-25)37-33(41)32(40)30-12-11-27(28-8-6-7-9-29(28)30)24-10-13-31(35-4)36-21-24/h6-13,18-21H,14-17,22H2,1-5H3,(H,35,36)(H,37,41). The van der Waals surface area contributed by atoms with Gasteiger partial charge in [-0.1, -0.05) is 57.2 Å². The fourth-order valence-corrected chi connectivity index (χ4v) is 5.31. The molecule has 0 spiro atoms. The first-order chi connectivity index (χ1) is 19.6. The molecule has 1 amide bonds. The van der Waals surface area contributed by atoms with Crippen molar-refractivity contribution in [3.63, 3.8) is 0 Å². The van der Waals surface area contributed by atoms with Crippen molar-refractivity contribution in [2.75, 3.05) is 50.9 Å². The van der Waals surface area contributed by atoms with E-state index in [4.69, 9.17) is 0 Å². The Hall–Kier alpha value is -4.07. The summed E-state index contributed by atoms with van der Waals surface area (Å²) in [4.78, 5) is 36.2. The fraction of sp³-hybridized carbons (Fsp3) is 0.324. The van der Waals surface area contributed by atoms with Gasteiger partial charge in [-0.2, -0.15) is 0 Å². The molecule has 212 valence electrons. The molecule has 0 unspecified atom stereocenters. The number of benzene rings is 3. The van der Waals surface area contributed by atoms with Crippen molar-refractivity contribution in [1.29, 1.82) is 0 Å². The Morgan fingerprint density at radius 3 is 2.29 bits per heavy atom. The Bertz CT molecular complexity index is 1560. The molecule has 41 heavy (non-hydrogen) atoms. The smallest absolute Gasteiger partial charge is 0.296 e. The van der Waals surface area contributed by atoms with Crippen LogP contribution in [-0.2, 0) is 16.8 Å². The number of Topliss-reactive ketones (excluding diaryl/α,β-unsaturated/α-hetero) is 1. The van der Waals surface area contributed by atoms with Crippen molar-refractivity contribution in [3.05, 3.63) is 89.6 Å². The molecule has 2 N–H and O–H groups in total. The van der Waals surface area contributed by atoms with Crippen LogP contribution in [0.1, 0.15) is 42.3 Å². The predicted molar refractivity (Wildman–Crippen MR) is 168 cm³/mol. The summed E-state index contributed by atoms with van der Waals surface area (Å²) in [5.41, 5.74) is 5.09. The van der Waals surface area contributed by atoms with E-state index in [2.05, 4.69) is 59.3 Å². The number of carbonyl (C=O) groups is 2. The molecule has 1 fully saturated rings. The number of carbonyl (C=O) groups excluding carboxylic acids is 2. The highest BCUT2D eigenvalue weighted by Crippen LogP contribution is 2.32. The number of nitrogens with zero attached hydrogens (tertiary/aromatic N) is 3. The van der Waals surface area contributed by atoms with Gasteiger partial charge in [0.1, 0.15) is 5.82 Å². The van der Waals surface area contributed by atoms with Crippen LogP contribution in [0.2, 0.25) is 0 Å². The second-order valence-electron chi connectivity index (χ2n) is 11.9. The SMILES string of the molecule is CNc1ccc(-c2ccc(C(=O)C(=O)Nc3cc(CN4CCN(C)CC4)cc(C(C)(C)C)c3)c3ccccc23)cn1. The highest BCUT2D eigenvalue weighted by Gasteiger charge is 2.23. The van der Waals surface area contributed by atoms with E-state index in [-0.39, 0.29) is 5.41 Å². The zero-order chi connectivity index (χ0) is 29.1. The molecule has 0 atom stereocenters. The number of hydrogen-bond acceptors (Lipinski definition) is 6. The van der Waals surface area contributed by atoms with Crippen LogP contribution in [0.15, 0.2) is 72.9 Å². The van der Waals surface area contributed by atoms with Crippen LogP contribution in [0, 0.1) is 0 Å². The maximum Gasteiger partial charge on any atom is 0.296 e. The number of fused-ring (bicyclic) bond motifs is 1. The summed E-state index contributed by atoms with van der Waals surface area (Å²) in [6.45, 7) is 11.4. The topological polar surface area (TPSA) is 77.6 Å². The Morgan fingerprint density at radius 2 is 1.63 bits per heavy atom. The van der Waals surface area contributed by atoms with Gasteiger partial charge in [-0.3, -0.25) is 14.5 Å². The van der Waals surface area contributed by atoms with Gasteiger partial charge in [0.25, 0.3) is 11.7 Å². The lowest BCUT2D eigenvalue weighted by Crippen LogP contribution is -2.43. The summed E-state index contributed by atoms with van der Waals surface area (Å²) in [6.07, 6.45) is 1.81. The number of aromatic nitrogens is 1. The lowest BCUT2D eigenvalue weighted by Gasteiger charge is -2.32. The van der Waals surface area contributed by atoms with Gasteiger partial charge in [0.05, 0.1) is 0 Å². The highest BCUT2D eigenvalue weighted by atomic mass is 16.2. The van der Waals surface area contributed by atoms with Crippen LogP contribution < -0.4 is 10.6 Å². The van der Waals surface area contributed by atoms with E-state index < -0.39 is 11.7 Å². The largest absolute Gasteiger partial charge is 0.373 e. The molecule has 0 bridgehead atoms. The van der Waals surface area contributed by atoms with Crippen LogP contribution in [0.25, 0.3) is 21.9 Å². The number of pyridine rings is 1. The van der Waals surface area contributed by atoms with Crippen molar-refractivity contribution < 1.29 is 9.59 Å². The second-order valence-corrected chi connectivity index (χ2v) is 11.9. The normalized spacial score (nSPS) is 14.7. The zero-order valence-corrected chi connectivity index (χ0v) is 24.6. The van der Waals surface area contributed by atoms with Gasteiger partial charge < -0.3 is 15.5 Å². The van der Waals surface area contributed by atoms with Crippen LogP contribution in [0.3, 0.4) is 0 Å². The third-order valence-electron chi connectivity index (χ3n) is 7.82. The summed E-state index contributed by atoms with van der Waals surface area (Å²) in [7, 11) is 3.98. The summed E-state index contributed by atoms with van der Waals surface area (Å²) >= 11 is 0. The monoisotopic (exact) mass is 549 g/mol. The average Bonchev–Trinajstić information content (AvgIpc) is 2.97. The van der Waals surface area contributed by atoms with Gasteiger partial charge in [0.2, 0.25) is 0 Å². The first-order valence-electron chi connectivity index (χ1n) is 14.2. The first kappa shape index (κ1) is 28.5. The Kier molecular flexibility index (Phi) is 8.20.